The van der Waals surface area contributed by atoms with E-state index in [0.29, 0.717) is 31.5 Å². The number of hydrogen-bond donors (Lipinski definition) is 1. The molecule has 2 rings (SSSR count). The van der Waals surface area contributed by atoms with E-state index in [9.17, 15) is 4.79 Å². The molecule has 0 aromatic heterocycles. The first-order valence-corrected chi connectivity index (χ1v) is 8.89. The van der Waals surface area contributed by atoms with Crippen LogP contribution in [0, 0.1) is 0 Å². The molecule has 22 heavy (non-hydrogen) atoms. The number of hydrogen-bond acceptors (Lipinski definition) is 2. The summed E-state index contributed by atoms with van der Waals surface area (Å²) in [5, 5.41) is 4.88. The Labute approximate surface area is 153 Å². The van der Waals surface area contributed by atoms with Gasteiger partial charge in [0.1, 0.15) is 0 Å². The fourth-order valence-corrected chi connectivity index (χ4v) is 3.39. The highest BCUT2D eigenvalue weighted by molar-refractivity contribution is 7.99. The van der Waals surface area contributed by atoms with Gasteiger partial charge in [0.15, 0.2) is 0 Å². The molecule has 0 saturated carbocycles. The van der Waals surface area contributed by atoms with Crippen molar-refractivity contribution in [2.75, 3.05) is 11.1 Å². The fraction of sp³-hybridized carbons (Fsp3) is 0.133. The highest BCUT2D eigenvalue weighted by Crippen LogP contribution is 2.27. The van der Waals surface area contributed by atoms with E-state index in [1.165, 1.54) is 11.8 Å². The van der Waals surface area contributed by atoms with Crippen molar-refractivity contribution in [3.63, 3.8) is 0 Å². The van der Waals surface area contributed by atoms with Gasteiger partial charge in [0.2, 0.25) is 5.91 Å². The number of benzene rings is 2. The maximum atomic E-state index is 11.9. The zero-order valence-electron chi connectivity index (χ0n) is 11.2. The van der Waals surface area contributed by atoms with E-state index in [-0.39, 0.29) is 11.7 Å². The van der Waals surface area contributed by atoms with Crippen LogP contribution < -0.4 is 5.32 Å². The van der Waals surface area contributed by atoms with Crippen molar-refractivity contribution >= 4 is 69.8 Å². The van der Waals surface area contributed by atoms with Gasteiger partial charge in [-0.05, 0) is 35.9 Å². The lowest BCUT2D eigenvalue weighted by Gasteiger charge is -2.08. The number of halogens is 4. The standard InChI is InChI=1S/C15H11Cl4NOS/c16-10-2-1-9(13(19)5-10)7-22-8-15(21)20-14-6-11(17)3-4-12(14)18/h1-6H,7-8H2,(H,20,21). The van der Waals surface area contributed by atoms with Crippen LogP contribution in [0.25, 0.3) is 0 Å². The van der Waals surface area contributed by atoms with Gasteiger partial charge in [0.05, 0.1) is 16.5 Å². The summed E-state index contributed by atoms with van der Waals surface area (Å²) >= 11 is 25.2. The molecule has 0 fully saturated rings. The minimum Gasteiger partial charge on any atom is -0.324 e. The Bertz CT molecular complexity index is 693. The molecule has 0 heterocycles. The van der Waals surface area contributed by atoms with E-state index in [2.05, 4.69) is 5.32 Å². The molecule has 0 radical (unpaired) electrons. The largest absolute Gasteiger partial charge is 0.324 e. The highest BCUT2D eigenvalue weighted by Gasteiger charge is 2.08. The number of carbonyl (C=O) groups is 1. The molecule has 2 aromatic rings. The van der Waals surface area contributed by atoms with E-state index in [1.54, 1.807) is 30.3 Å². The number of anilines is 1. The molecule has 0 spiro atoms. The number of carbonyl (C=O) groups excluding carboxylic acids is 1. The maximum Gasteiger partial charge on any atom is 0.234 e. The molecule has 1 amide bonds. The molecule has 7 heteroatoms. The number of amides is 1. The van der Waals surface area contributed by atoms with Gasteiger partial charge in [0, 0.05) is 20.8 Å². The summed E-state index contributed by atoms with van der Waals surface area (Å²) in [4.78, 5) is 11.9. The number of rotatable bonds is 5. The molecular weight excluding hydrogens is 384 g/mol. The summed E-state index contributed by atoms with van der Waals surface area (Å²) in [5.74, 6) is 0.744. The summed E-state index contributed by atoms with van der Waals surface area (Å²) < 4.78 is 0. The Balaban J connectivity index is 1.86. The number of thioether (sulfide) groups is 1. The average Bonchev–Trinajstić information content (AvgIpc) is 2.45. The van der Waals surface area contributed by atoms with Gasteiger partial charge in [-0.25, -0.2) is 0 Å². The molecule has 116 valence electrons. The van der Waals surface area contributed by atoms with Gasteiger partial charge >= 0.3 is 0 Å². The Morgan fingerprint density at radius 1 is 0.955 bits per heavy atom. The first-order valence-electron chi connectivity index (χ1n) is 6.22. The molecule has 1 N–H and O–H groups in total. The first-order chi connectivity index (χ1) is 10.5. The van der Waals surface area contributed by atoms with Crippen LogP contribution in [0.3, 0.4) is 0 Å². The number of nitrogens with one attached hydrogen (secondary N) is 1. The second-order valence-electron chi connectivity index (χ2n) is 4.40. The lowest BCUT2D eigenvalue weighted by Crippen LogP contribution is -2.14. The monoisotopic (exact) mass is 393 g/mol. The molecule has 0 unspecified atom stereocenters. The van der Waals surface area contributed by atoms with Crippen molar-refractivity contribution in [3.05, 3.63) is 62.1 Å². The summed E-state index contributed by atoms with van der Waals surface area (Å²) in [6.45, 7) is 0. The van der Waals surface area contributed by atoms with Gasteiger partial charge in [-0.15, -0.1) is 11.8 Å². The smallest absolute Gasteiger partial charge is 0.234 e. The second-order valence-corrected chi connectivity index (χ2v) is 7.07. The van der Waals surface area contributed by atoms with Crippen LogP contribution in [0.4, 0.5) is 5.69 Å². The van der Waals surface area contributed by atoms with E-state index in [0.717, 1.165) is 5.56 Å². The molecule has 2 aromatic carbocycles. The third kappa shape index (κ3) is 5.25. The van der Waals surface area contributed by atoms with Crippen LogP contribution in [-0.2, 0) is 10.5 Å². The first kappa shape index (κ1) is 17.8. The molecule has 0 aliphatic carbocycles. The van der Waals surface area contributed by atoms with Crippen molar-refractivity contribution in [1.82, 2.24) is 0 Å². The Kier molecular flexibility index (Phi) is 6.72. The van der Waals surface area contributed by atoms with Crippen LogP contribution in [0.5, 0.6) is 0 Å². The minimum atomic E-state index is -0.153. The van der Waals surface area contributed by atoms with Crippen molar-refractivity contribution in [3.8, 4) is 0 Å². The van der Waals surface area contributed by atoms with E-state index < -0.39 is 0 Å². The second kappa shape index (κ2) is 8.32. The van der Waals surface area contributed by atoms with Gasteiger partial charge in [-0.1, -0.05) is 52.5 Å². The topological polar surface area (TPSA) is 29.1 Å². The van der Waals surface area contributed by atoms with Crippen LogP contribution in [-0.4, -0.2) is 11.7 Å². The predicted molar refractivity (Wildman–Crippen MR) is 97.7 cm³/mol. The third-order valence-electron chi connectivity index (χ3n) is 2.71. The molecule has 0 atom stereocenters. The van der Waals surface area contributed by atoms with Gasteiger partial charge in [-0.3, -0.25) is 4.79 Å². The quantitative estimate of drug-likeness (QED) is 0.656. The van der Waals surface area contributed by atoms with Crippen molar-refractivity contribution in [2.45, 2.75) is 5.75 Å². The normalized spacial score (nSPS) is 10.5. The molecular formula is C15H11Cl4NOS. The van der Waals surface area contributed by atoms with Crippen LogP contribution in [0.1, 0.15) is 5.56 Å². The lowest BCUT2D eigenvalue weighted by atomic mass is 10.2. The fourth-order valence-electron chi connectivity index (χ4n) is 1.67. The Hall–Kier alpha value is -0.580. The van der Waals surface area contributed by atoms with Crippen LogP contribution in [0.15, 0.2) is 36.4 Å². The maximum absolute atomic E-state index is 11.9. The van der Waals surface area contributed by atoms with E-state index >= 15 is 0 Å². The third-order valence-corrected chi connectivity index (χ3v) is 4.84. The summed E-state index contributed by atoms with van der Waals surface area (Å²) in [7, 11) is 0. The molecule has 0 aliphatic heterocycles. The van der Waals surface area contributed by atoms with Gasteiger partial charge < -0.3 is 5.32 Å². The zero-order valence-corrected chi connectivity index (χ0v) is 15.0. The SMILES string of the molecule is O=C(CSCc1ccc(Cl)cc1Cl)Nc1cc(Cl)ccc1Cl. The van der Waals surface area contributed by atoms with Gasteiger partial charge in [0.25, 0.3) is 0 Å². The van der Waals surface area contributed by atoms with E-state index in [4.69, 9.17) is 46.4 Å². The Morgan fingerprint density at radius 3 is 2.36 bits per heavy atom. The highest BCUT2D eigenvalue weighted by atomic mass is 35.5. The minimum absolute atomic E-state index is 0.153. The molecule has 2 nitrogen and oxygen atoms in total. The van der Waals surface area contributed by atoms with Crippen LogP contribution in [0.2, 0.25) is 20.1 Å². The summed E-state index contributed by atoms with van der Waals surface area (Å²) in [6.07, 6.45) is 0. The molecule has 0 saturated heterocycles. The Morgan fingerprint density at radius 2 is 1.64 bits per heavy atom. The summed E-state index contributed by atoms with van der Waals surface area (Å²) in [6, 6.07) is 10.2. The molecule has 0 aliphatic rings. The van der Waals surface area contributed by atoms with Crippen molar-refractivity contribution < 1.29 is 4.79 Å². The zero-order chi connectivity index (χ0) is 16.1. The van der Waals surface area contributed by atoms with Crippen molar-refractivity contribution in [2.24, 2.45) is 0 Å². The van der Waals surface area contributed by atoms with Gasteiger partial charge in [-0.2, -0.15) is 0 Å². The van der Waals surface area contributed by atoms with E-state index in [1.807, 2.05) is 6.07 Å². The predicted octanol–water partition coefficient (Wildman–Crippen LogP) is 6.17. The molecule has 0 bridgehead atoms. The van der Waals surface area contributed by atoms with Crippen LogP contribution >= 0.6 is 58.2 Å². The summed E-state index contributed by atoms with van der Waals surface area (Å²) in [5.41, 5.74) is 1.44. The lowest BCUT2D eigenvalue weighted by molar-refractivity contribution is -0.113. The average molecular weight is 395 g/mol. The van der Waals surface area contributed by atoms with Crippen molar-refractivity contribution in [1.29, 1.82) is 0 Å².